The first kappa shape index (κ1) is 34.9. The molecule has 250 valence electrons. The standard InChI is InChI=1S/C30H38ClN5O10/c1-34(2)14(10-15(37)46-7)29(44)33-20-19(31)21(35(3)4)12-8-11-9-13-22(36(5)6)25(40)18(28(32)43)27(42)30(13,45)26(41)16(11)23(38)17(12)24(20)39/h11,13-14,16,18,22,39,45H,8-10H2,1-7H3,(H2,32,43)(H,33,44)/t11?,13?,14?,16?,18?,22-,30-/m0/s1. The number of methoxy groups -OCH3 is 1. The van der Waals surface area contributed by atoms with Crippen molar-refractivity contribution in [2.45, 2.75) is 36.9 Å². The lowest BCUT2D eigenvalue weighted by Crippen LogP contribution is -2.74. The summed E-state index contributed by atoms with van der Waals surface area (Å²) in [5, 5.41) is 25.7. The summed E-state index contributed by atoms with van der Waals surface area (Å²) in [5.74, 6) is -13.7. The number of nitrogens with zero attached hydrogens (tertiary/aromatic N) is 3. The fraction of sp³-hybridized carbons (Fsp3) is 0.567. The number of nitrogens with one attached hydrogen (secondary N) is 1. The number of fused-ring (bicyclic) bond motifs is 3. The normalized spacial score (nSPS) is 27.9. The lowest BCUT2D eigenvalue weighted by Gasteiger charge is -2.52. The van der Waals surface area contributed by atoms with E-state index in [4.69, 9.17) is 17.3 Å². The molecule has 46 heavy (non-hydrogen) atoms. The van der Waals surface area contributed by atoms with Gasteiger partial charge < -0.3 is 30.9 Å². The van der Waals surface area contributed by atoms with E-state index in [-0.39, 0.29) is 46.8 Å². The number of hydrogen-bond acceptors (Lipinski definition) is 13. The number of carbonyl (C=O) groups is 7. The molecule has 15 nitrogen and oxygen atoms in total. The van der Waals surface area contributed by atoms with Gasteiger partial charge in [0, 0.05) is 20.0 Å². The number of likely N-dealkylation sites (N-methyl/N-ethyl adjacent to an activating group) is 2. The molecule has 0 spiro atoms. The van der Waals surface area contributed by atoms with Crippen molar-refractivity contribution >= 4 is 63.9 Å². The van der Waals surface area contributed by atoms with Gasteiger partial charge in [-0.1, -0.05) is 11.6 Å². The maximum absolute atomic E-state index is 14.2. The van der Waals surface area contributed by atoms with Crippen LogP contribution in [-0.4, -0.2) is 128 Å². The molecular formula is C30H38ClN5O10. The van der Waals surface area contributed by atoms with E-state index in [1.165, 1.54) is 31.0 Å². The number of Topliss-reactive ketones (excluding diaryl/α,β-unsaturated/α-hetero) is 4. The highest BCUT2D eigenvalue weighted by Gasteiger charge is 2.69. The number of anilines is 2. The summed E-state index contributed by atoms with van der Waals surface area (Å²) in [6, 6.07) is -2.30. The molecule has 0 radical (unpaired) electrons. The highest BCUT2D eigenvalue weighted by atomic mass is 35.5. The van der Waals surface area contributed by atoms with Crippen molar-refractivity contribution < 1.29 is 48.5 Å². The van der Waals surface area contributed by atoms with Crippen molar-refractivity contribution in [1.82, 2.24) is 9.80 Å². The maximum Gasteiger partial charge on any atom is 0.307 e. The molecule has 3 aliphatic carbocycles. The number of esters is 1. The largest absolute Gasteiger partial charge is 0.505 e. The van der Waals surface area contributed by atoms with Crippen molar-refractivity contribution in [3.05, 3.63) is 16.1 Å². The number of carbonyl (C=O) groups excluding carboxylic acids is 7. The second kappa shape index (κ2) is 12.4. The summed E-state index contributed by atoms with van der Waals surface area (Å²) in [5.41, 5.74) is 2.31. The van der Waals surface area contributed by atoms with Gasteiger partial charge >= 0.3 is 5.97 Å². The van der Waals surface area contributed by atoms with Crippen LogP contribution in [0.1, 0.15) is 28.8 Å². The van der Waals surface area contributed by atoms with Crippen LogP contribution >= 0.6 is 11.6 Å². The van der Waals surface area contributed by atoms with E-state index in [9.17, 15) is 43.8 Å². The zero-order valence-corrected chi connectivity index (χ0v) is 27.3. The third-order valence-electron chi connectivity index (χ3n) is 9.35. The molecule has 0 aromatic heterocycles. The second-order valence-electron chi connectivity index (χ2n) is 12.7. The molecular weight excluding hydrogens is 626 g/mol. The van der Waals surface area contributed by atoms with Gasteiger partial charge in [0.15, 0.2) is 40.4 Å². The minimum Gasteiger partial charge on any atom is -0.505 e. The zero-order chi connectivity index (χ0) is 34.7. The van der Waals surface area contributed by atoms with E-state index in [0.717, 1.165) is 0 Å². The summed E-state index contributed by atoms with van der Waals surface area (Å²) in [6.45, 7) is 0. The van der Waals surface area contributed by atoms with Crippen molar-refractivity contribution in [1.29, 1.82) is 0 Å². The summed E-state index contributed by atoms with van der Waals surface area (Å²) in [4.78, 5) is 97.1. The summed E-state index contributed by atoms with van der Waals surface area (Å²) >= 11 is 6.76. The Kier molecular flexibility index (Phi) is 9.39. The topological polar surface area (TPSA) is 217 Å². The van der Waals surface area contributed by atoms with Gasteiger partial charge in [-0.3, -0.25) is 43.4 Å². The van der Waals surface area contributed by atoms with Gasteiger partial charge in [0.2, 0.25) is 11.8 Å². The summed E-state index contributed by atoms with van der Waals surface area (Å²) in [6.07, 6.45) is -0.498. The number of aliphatic hydroxyl groups is 1. The molecule has 5 N–H and O–H groups in total. The van der Waals surface area contributed by atoms with E-state index in [1.807, 2.05) is 0 Å². The average molecular weight is 664 g/mol. The van der Waals surface area contributed by atoms with Crippen molar-refractivity contribution in [2.24, 2.45) is 29.4 Å². The molecule has 3 aliphatic rings. The second-order valence-corrected chi connectivity index (χ2v) is 13.1. The Hall–Kier alpha value is -3.92. The number of amides is 2. The molecule has 5 unspecified atom stereocenters. The number of phenolic OH excluding ortho intramolecular Hbond substituents is 1. The molecule has 4 rings (SSSR count). The number of ketones is 4. The molecule has 1 aromatic rings. The number of aromatic hydroxyl groups is 1. The monoisotopic (exact) mass is 663 g/mol. The minimum atomic E-state index is -2.88. The number of rotatable bonds is 8. The summed E-state index contributed by atoms with van der Waals surface area (Å²) in [7, 11) is 10.5. The molecule has 1 aromatic carbocycles. The molecule has 2 amide bonds. The Bertz CT molecular complexity index is 1560. The highest BCUT2D eigenvalue weighted by molar-refractivity contribution is 6.38. The van der Waals surface area contributed by atoms with Gasteiger partial charge in [-0.2, -0.15) is 0 Å². The Morgan fingerprint density at radius 3 is 2.20 bits per heavy atom. The molecule has 0 bridgehead atoms. The molecule has 16 heteroatoms. The van der Waals surface area contributed by atoms with Gasteiger partial charge in [-0.25, -0.2) is 0 Å². The Balaban J connectivity index is 1.87. The lowest BCUT2D eigenvalue weighted by molar-refractivity contribution is -0.181. The van der Waals surface area contributed by atoms with Crippen LogP contribution in [0.5, 0.6) is 5.75 Å². The van der Waals surface area contributed by atoms with Crippen LogP contribution in [0.3, 0.4) is 0 Å². The van der Waals surface area contributed by atoms with Gasteiger partial charge in [0.05, 0.1) is 47.8 Å². The van der Waals surface area contributed by atoms with Gasteiger partial charge in [-0.15, -0.1) is 0 Å². The summed E-state index contributed by atoms with van der Waals surface area (Å²) < 4.78 is 4.68. The fourth-order valence-corrected chi connectivity index (χ4v) is 7.65. The molecule has 0 heterocycles. The van der Waals surface area contributed by atoms with E-state index >= 15 is 0 Å². The number of nitrogens with two attached hydrogens (primary N) is 1. The first-order valence-electron chi connectivity index (χ1n) is 14.5. The number of halogens is 1. The number of primary amides is 1. The minimum absolute atomic E-state index is 0.0243. The van der Waals surface area contributed by atoms with E-state index in [0.29, 0.717) is 0 Å². The SMILES string of the molecule is COC(=O)CC(C(=O)Nc1c(O)c2c(c(N(C)C)c1Cl)CC1CC3[C@H](N(C)C)C(=O)C(C(N)=O)C(=O)[C@@]3(O)C(=O)C1C2=O)N(C)C. The third-order valence-corrected chi connectivity index (χ3v) is 9.72. The van der Waals surface area contributed by atoms with Crippen molar-refractivity contribution in [3.63, 3.8) is 0 Å². The first-order chi connectivity index (χ1) is 21.3. The fourth-order valence-electron chi connectivity index (χ4n) is 7.23. The third kappa shape index (κ3) is 5.24. The number of ether oxygens (including phenoxy) is 1. The smallest absolute Gasteiger partial charge is 0.307 e. The number of benzene rings is 1. The first-order valence-corrected chi connectivity index (χ1v) is 14.8. The lowest BCUT2D eigenvalue weighted by atomic mass is 9.52. The van der Waals surface area contributed by atoms with Crippen LogP contribution in [0.15, 0.2) is 0 Å². The molecule has 2 fully saturated rings. The molecule has 0 saturated heterocycles. The van der Waals surface area contributed by atoms with Gasteiger partial charge in [0.1, 0.15) is 5.69 Å². The van der Waals surface area contributed by atoms with Crippen molar-refractivity contribution in [2.75, 3.05) is 59.6 Å². The van der Waals surface area contributed by atoms with Crippen LogP contribution in [0.25, 0.3) is 0 Å². The predicted molar refractivity (Wildman–Crippen MR) is 163 cm³/mol. The van der Waals surface area contributed by atoms with Gasteiger partial charge in [0.25, 0.3) is 0 Å². The van der Waals surface area contributed by atoms with Crippen molar-refractivity contribution in [3.8, 4) is 5.75 Å². The number of hydrogen-bond donors (Lipinski definition) is 4. The quantitative estimate of drug-likeness (QED) is 0.150. The Morgan fingerprint density at radius 2 is 1.70 bits per heavy atom. The molecule has 7 atom stereocenters. The zero-order valence-electron chi connectivity index (χ0n) is 26.5. The number of phenols is 1. The Labute approximate surface area is 269 Å². The maximum atomic E-state index is 14.2. The molecule has 0 aliphatic heterocycles. The van der Waals surface area contributed by atoms with Crippen LogP contribution in [0.4, 0.5) is 11.4 Å². The molecule has 2 saturated carbocycles. The average Bonchev–Trinajstić information content (AvgIpc) is 2.94. The predicted octanol–water partition coefficient (Wildman–Crippen LogP) is -0.982. The Morgan fingerprint density at radius 1 is 1.09 bits per heavy atom. The van der Waals surface area contributed by atoms with Crippen LogP contribution in [0, 0.1) is 23.7 Å². The van der Waals surface area contributed by atoms with Crippen LogP contribution in [0.2, 0.25) is 5.02 Å². The van der Waals surface area contributed by atoms with Gasteiger partial charge in [-0.05, 0) is 52.5 Å². The van der Waals surface area contributed by atoms with E-state index in [1.54, 1.807) is 33.1 Å². The highest BCUT2D eigenvalue weighted by Crippen LogP contribution is 2.54. The van der Waals surface area contributed by atoms with E-state index in [2.05, 4.69) is 10.1 Å². The van der Waals surface area contributed by atoms with E-state index < -0.39 is 88.0 Å². The van der Waals surface area contributed by atoms with Crippen LogP contribution < -0.4 is 16.0 Å². The van der Waals surface area contributed by atoms with Crippen LogP contribution in [-0.2, 0) is 39.9 Å².